The molecule has 1 N–H and O–H groups in total. The van der Waals surface area contributed by atoms with Crippen molar-refractivity contribution in [2.45, 2.75) is 18.3 Å². The number of aryl methyl sites for hydroxylation is 2. The molecular weight excluding hydrogens is 258 g/mol. The summed E-state index contributed by atoms with van der Waals surface area (Å²) < 4.78 is 1.96. The van der Waals surface area contributed by atoms with Crippen molar-refractivity contribution in [1.82, 2.24) is 15.1 Å². The van der Waals surface area contributed by atoms with Crippen LogP contribution in [-0.4, -0.2) is 22.9 Å². The van der Waals surface area contributed by atoms with E-state index >= 15 is 0 Å². The maximum absolute atomic E-state index is 6.12. The highest BCUT2D eigenvalue weighted by molar-refractivity contribution is 6.30. The summed E-state index contributed by atoms with van der Waals surface area (Å²) in [6.45, 7) is 2.07. The minimum atomic E-state index is 0.231. The summed E-state index contributed by atoms with van der Waals surface area (Å²) in [7, 11) is 2.00. The second-order valence-electron chi connectivity index (χ2n) is 5.34. The van der Waals surface area contributed by atoms with Gasteiger partial charge >= 0.3 is 0 Å². The third-order valence-corrected chi connectivity index (χ3v) is 4.38. The molecule has 3 rings (SSSR count). The molecule has 2 aromatic rings. The number of hydrogen-bond acceptors (Lipinski definition) is 2. The third kappa shape index (κ3) is 2.40. The number of halogens is 1. The summed E-state index contributed by atoms with van der Waals surface area (Å²) in [5, 5.41) is 8.45. The van der Waals surface area contributed by atoms with Crippen molar-refractivity contribution in [3.8, 4) is 0 Å². The van der Waals surface area contributed by atoms with Crippen LogP contribution >= 0.6 is 11.6 Å². The van der Waals surface area contributed by atoms with E-state index in [1.54, 1.807) is 0 Å². The standard InChI is InChI=1S/C15H18ClN3/c1-19-14(6-8-18-19)5-7-15(10-17-11-15)12-3-2-4-13(16)9-12/h2-4,6,8-9,17H,5,7,10-11H2,1H3. The molecule has 0 saturated carbocycles. The van der Waals surface area contributed by atoms with Crippen LogP contribution in [0, 0.1) is 0 Å². The van der Waals surface area contributed by atoms with Gasteiger partial charge < -0.3 is 5.32 Å². The normalized spacial score (nSPS) is 17.2. The molecule has 3 nitrogen and oxygen atoms in total. The molecule has 1 aromatic carbocycles. The molecule has 1 aromatic heterocycles. The van der Waals surface area contributed by atoms with Crippen molar-refractivity contribution in [3.05, 3.63) is 52.8 Å². The van der Waals surface area contributed by atoms with Crippen molar-refractivity contribution in [2.75, 3.05) is 13.1 Å². The van der Waals surface area contributed by atoms with Crippen LogP contribution in [0.5, 0.6) is 0 Å². The van der Waals surface area contributed by atoms with Crippen LogP contribution in [0.1, 0.15) is 17.7 Å². The number of nitrogens with one attached hydrogen (secondary N) is 1. The predicted octanol–water partition coefficient (Wildman–Crippen LogP) is 2.55. The zero-order valence-electron chi connectivity index (χ0n) is 11.1. The average Bonchev–Trinajstić information content (AvgIpc) is 2.74. The Morgan fingerprint density at radius 3 is 2.79 bits per heavy atom. The molecule has 0 unspecified atom stereocenters. The molecular formula is C15H18ClN3. The number of hydrogen-bond donors (Lipinski definition) is 1. The molecule has 4 heteroatoms. The van der Waals surface area contributed by atoms with E-state index in [1.807, 2.05) is 30.1 Å². The van der Waals surface area contributed by atoms with Crippen molar-refractivity contribution in [1.29, 1.82) is 0 Å². The topological polar surface area (TPSA) is 29.9 Å². The van der Waals surface area contributed by atoms with Gasteiger partial charge in [0.2, 0.25) is 0 Å². The van der Waals surface area contributed by atoms with E-state index in [2.05, 4.69) is 28.6 Å². The number of nitrogens with zero attached hydrogens (tertiary/aromatic N) is 2. The van der Waals surface area contributed by atoms with Crippen molar-refractivity contribution < 1.29 is 0 Å². The Kier molecular flexibility index (Phi) is 3.33. The second-order valence-corrected chi connectivity index (χ2v) is 5.78. The Labute approximate surface area is 118 Å². The molecule has 2 heterocycles. The summed E-state index contributed by atoms with van der Waals surface area (Å²) >= 11 is 6.12. The fourth-order valence-electron chi connectivity index (χ4n) is 2.78. The van der Waals surface area contributed by atoms with Crippen molar-refractivity contribution >= 4 is 11.6 Å². The van der Waals surface area contributed by atoms with Crippen LogP contribution in [0.4, 0.5) is 0 Å². The lowest BCUT2D eigenvalue weighted by Crippen LogP contribution is -2.57. The highest BCUT2D eigenvalue weighted by Crippen LogP contribution is 2.34. The molecule has 1 fully saturated rings. The zero-order chi connectivity index (χ0) is 13.3. The lowest BCUT2D eigenvalue weighted by molar-refractivity contribution is 0.256. The summed E-state index contributed by atoms with van der Waals surface area (Å²) in [5.74, 6) is 0. The van der Waals surface area contributed by atoms with Gasteiger partial charge in [-0.05, 0) is 36.6 Å². The molecule has 0 bridgehead atoms. The first-order valence-electron chi connectivity index (χ1n) is 6.63. The van der Waals surface area contributed by atoms with E-state index in [0.717, 1.165) is 31.0 Å². The molecule has 19 heavy (non-hydrogen) atoms. The van der Waals surface area contributed by atoms with Crippen LogP contribution in [0.3, 0.4) is 0 Å². The first kappa shape index (κ1) is 12.7. The highest BCUT2D eigenvalue weighted by atomic mass is 35.5. The summed E-state index contributed by atoms with van der Waals surface area (Å²) in [4.78, 5) is 0. The lowest BCUT2D eigenvalue weighted by atomic mass is 9.71. The molecule has 100 valence electrons. The van der Waals surface area contributed by atoms with E-state index < -0.39 is 0 Å². The Morgan fingerprint density at radius 2 is 2.21 bits per heavy atom. The summed E-state index contributed by atoms with van der Waals surface area (Å²) in [6.07, 6.45) is 4.03. The molecule has 1 aliphatic heterocycles. The smallest absolute Gasteiger partial charge is 0.0492 e. The number of rotatable bonds is 4. The van der Waals surface area contributed by atoms with Gasteiger partial charge in [0.15, 0.2) is 0 Å². The third-order valence-electron chi connectivity index (χ3n) is 4.15. The van der Waals surface area contributed by atoms with E-state index in [-0.39, 0.29) is 5.41 Å². The summed E-state index contributed by atoms with van der Waals surface area (Å²) in [6, 6.07) is 10.4. The zero-order valence-corrected chi connectivity index (χ0v) is 11.8. The average molecular weight is 276 g/mol. The van der Waals surface area contributed by atoms with Gasteiger partial charge in [-0.2, -0.15) is 5.10 Å². The van der Waals surface area contributed by atoms with Crippen LogP contribution in [0.25, 0.3) is 0 Å². The van der Waals surface area contributed by atoms with Crippen molar-refractivity contribution in [2.24, 2.45) is 7.05 Å². The van der Waals surface area contributed by atoms with E-state index in [9.17, 15) is 0 Å². The largest absolute Gasteiger partial charge is 0.315 e. The molecule has 0 atom stereocenters. The van der Waals surface area contributed by atoms with Crippen LogP contribution < -0.4 is 5.32 Å². The van der Waals surface area contributed by atoms with Gasteiger partial charge in [0.25, 0.3) is 0 Å². The van der Waals surface area contributed by atoms with Gasteiger partial charge in [0, 0.05) is 42.5 Å². The second kappa shape index (κ2) is 4.99. The fraction of sp³-hybridized carbons (Fsp3) is 0.400. The Balaban J connectivity index is 1.78. The Hall–Kier alpha value is -1.32. The highest BCUT2D eigenvalue weighted by Gasteiger charge is 2.38. The van der Waals surface area contributed by atoms with E-state index in [1.165, 1.54) is 11.3 Å². The SMILES string of the molecule is Cn1nccc1CCC1(c2cccc(Cl)c2)CNC1. The van der Waals surface area contributed by atoms with Gasteiger partial charge in [-0.1, -0.05) is 23.7 Å². The van der Waals surface area contributed by atoms with Gasteiger partial charge in [0.1, 0.15) is 0 Å². The lowest BCUT2D eigenvalue weighted by Gasteiger charge is -2.43. The van der Waals surface area contributed by atoms with Crippen LogP contribution in [-0.2, 0) is 18.9 Å². The fourth-order valence-corrected chi connectivity index (χ4v) is 2.97. The first-order chi connectivity index (χ1) is 9.20. The number of aromatic nitrogens is 2. The van der Waals surface area contributed by atoms with E-state index in [0.29, 0.717) is 0 Å². The molecule has 0 aliphatic carbocycles. The Bertz CT molecular complexity index is 572. The molecule has 1 aliphatic rings. The quantitative estimate of drug-likeness (QED) is 0.929. The van der Waals surface area contributed by atoms with Gasteiger partial charge in [-0.3, -0.25) is 4.68 Å². The van der Waals surface area contributed by atoms with Crippen LogP contribution in [0.15, 0.2) is 36.5 Å². The minimum absolute atomic E-state index is 0.231. The van der Waals surface area contributed by atoms with Gasteiger partial charge in [-0.25, -0.2) is 0 Å². The van der Waals surface area contributed by atoms with Crippen LogP contribution in [0.2, 0.25) is 5.02 Å². The first-order valence-corrected chi connectivity index (χ1v) is 7.01. The monoisotopic (exact) mass is 275 g/mol. The maximum Gasteiger partial charge on any atom is 0.0492 e. The summed E-state index contributed by atoms with van der Waals surface area (Å²) in [5.41, 5.74) is 2.86. The van der Waals surface area contributed by atoms with Gasteiger partial charge in [-0.15, -0.1) is 0 Å². The minimum Gasteiger partial charge on any atom is -0.315 e. The molecule has 0 radical (unpaired) electrons. The molecule has 0 amide bonds. The van der Waals surface area contributed by atoms with Gasteiger partial charge in [0.05, 0.1) is 0 Å². The maximum atomic E-state index is 6.12. The van der Waals surface area contributed by atoms with Crippen molar-refractivity contribution in [3.63, 3.8) is 0 Å². The number of benzene rings is 1. The predicted molar refractivity (Wildman–Crippen MR) is 77.5 cm³/mol. The Morgan fingerprint density at radius 1 is 1.37 bits per heavy atom. The van der Waals surface area contributed by atoms with E-state index in [4.69, 9.17) is 11.6 Å². The molecule has 0 spiro atoms. The molecule has 1 saturated heterocycles.